The zero-order chi connectivity index (χ0) is 17.3. The molecule has 0 aliphatic carbocycles. The second-order valence-electron chi connectivity index (χ2n) is 4.77. The third-order valence-corrected chi connectivity index (χ3v) is 3.69. The number of halogens is 1. The Morgan fingerprint density at radius 3 is 2.71 bits per heavy atom. The predicted molar refractivity (Wildman–Crippen MR) is 88.8 cm³/mol. The average Bonchev–Trinajstić information content (AvgIpc) is 2.90. The average molecular weight is 347 g/mol. The summed E-state index contributed by atoms with van der Waals surface area (Å²) in [7, 11) is 1.48. The summed E-state index contributed by atoms with van der Waals surface area (Å²) in [5.74, 6) is 0.204. The van der Waals surface area contributed by atoms with Gasteiger partial charge in [0.25, 0.3) is 5.69 Å². The van der Waals surface area contributed by atoms with Gasteiger partial charge in [-0.15, -0.1) is 10.2 Å². The van der Waals surface area contributed by atoms with E-state index in [0.29, 0.717) is 21.7 Å². The maximum Gasteiger partial charge on any atom is 0.296 e. The van der Waals surface area contributed by atoms with Crippen molar-refractivity contribution in [3.63, 3.8) is 0 Å². The molecule has 0 unspecified atom stereocenters. The van der Waals surface area contributed by atoms with Gasteiger partial charge in [0.2, 0.25) is 5.88 Å². The minimum atomic E-state index is -0.556. The van der Waals surface area contributed by atoms with E-state index in [-0.39, 0.29) is 22.9 Å². The van der Waals surface area contributed by atoms with E-state index in [1.54, 1.807) is 18.2 Å². The summed E-state index contributed by atoms with van der Waals surface area (Å²) in [4.78, 5) is 13.2. The predicted octanol–water partition coefficient (Wildman–Crippen LogP) is 4.86. The molecule has 0 aliphatic rings. The van der Waals surface area contributed by atoms with Gasteiger partial charge in [-0.1, -0.05) is 23.7 Å². The number of aromatic amines is 1. The third kappa shape index (κ3) is 2.63. The van der Waals surface area contributed by atoms with Crippen molar-refractivity contribution in [2.45, 2.75) is 0 Å². The maximum atomic E-state index is 11.0. The highest BCUT2D eigenvalue weighted by Crippen LogP contribution is 2.44. The number of H-pyrrole nitrogens is 1. The number of para-hydroxylation sites is 1. The van der Waals surface area contributed by atoms with Crippen molar-refractivity contribution in [2.75, 3.05) is 7.11 Å². The highest BCUT2D eigenvalue weighted by Gasteiger charge is 2.18. The Balaban J connectivity index is 2.15. The molecule has 2 aromatic carbocycles. The number of nitro benzene ring substituents is 1. The van der Waals surface area contributed by atoms with Crippen LogP contribution in [0.1, 0.15) is 0 Å². The molecule has 0 spiro atoms. The molecule has 0 bridgehead atoms. The van der Waals surface area contributed by atoms with Crippen molar-refractivity contribution in [1.29, 1.82) is 0 Å². The lowest BCUT2D eigenvalue weighted by Crippen LogP contribution is -1.87. The number of nitrogens with one attached hydrogen (secondary N) is 1. The molecule has 122 valence electrons. The van der Waals surface area contributed by atoms with Crippen LogP contribution >= 0.6 is 11.6 Å². The Morgan fingerprint density at radius 2 is 2.00 bits per heavy atom. The molecule has 3 aromatic rings. The van der Waals surface area contributed by atoms with Crippen LogP contribution in [0.2, 0.25) is 5.02 Å². The summed E-state index contributed by atoms with van der Waals surface area (Å²) in [5, 5.41) is 29.7. The van der Waals surface area contributed by atoms with E-state index in [2.05, 4.69) is 15.2 Å². The fraction of sp³-hybridized carbons (Fsp3) is 0.0667. The molecule has 8 nitrogen and oxygen atoms in total. The van der Waals surface area contributed by atoms with Crippen LogP contribution in [0.4, 0.5) is 17.1 Å². The van der Waals surface area contributed by atoms with Gasteiger partial charge in [0.05, 0.1) is 28.0 Å². The summed E-state index contributed by atoms with van der Waals surface area (Å²) in [6.07, 6.45) is 0. The van der Waals surface area contributed by atoms with E-state index < -0.39 is 4.92 Å². The molecule has 9 heteroatoms. The molecule has 0 atom stereocenters. The standard InChI is InChI=1S/C15H11ClN4O4/c1-24-11-7-6-8(16)12-13(11)17-15(21)14(12)19-18-9-4-2-3-5-10(9)20(22)23/h2-7,17,21H,1H3. The van der Waals surface area contributed by atoms with Crippen LogP contribution in [0.5, 0.6) is 11.6 Å². The van der Waals surface area contributed by atoms with E-state index >= 15 is 0 Å². The number of benzene rings is 2. The number of methoxy groups -OCH3 is 1. The van der Waals surface area contributed by atoms with Crippen LogP contribution in [0.3, 0.4) is 0 Å². The summed E-state index contributed by atoms with van der Waals surface area (Å²) < 4.78 is 5.20. The second-order valence-corrected chi connectivity index (χ2v) is 5.17. The van der Waals surface area contributed by atoms with Gasteiger partial charge >= 0.3 is 0 Å². The lowest BCUT2D eigenvalue weighted by atomic mass is 10.2. The molecule has 0 saturated carbocycles. The lowest BCUT2D eigenvalue weighted by Gasteiger charge is -2.02. The fourth-order valence-electron chi connectivity index (χ4n) is 2.28. The SMILES string of the molecule is COc1ccc(Cl)c2c(N=Nc3ccccc3[N+](=O)[O-])c(O)[nH]c12. The minimum absolute atomic E-state index is 0.0651. The fourth-order valence-corrected chi connectivity index (χ4v) is 2.53. The number of hydrogen-bond donors (Lipinski definition) is 2. The molecule has 2 N–H and O–H groups in total. The smallest absolute Gasteiger partial charge is 0.296 e. The number of aromatic hydroxyl groups is 1. The number of fused-ring (bicyclic) bond motifs is 1. The van der Waals surface area contributed by atoms with Gasteiger partial charge in [-0.3, -0.25) is 10.1 Å². The van der Waals surface area contributed by atoms with Crippen molar-refractivity contribution in [1.82, 2.24) is 4.98 Å². The van der Waals surface area contributed by atoms with E-state index in [4.69, 9.17) is 16.3 Å². The zero-order valence-corrected chi connectivity index (χ0v) is 13.1. The van der Waals surface area contributed by atoms with E-state index in [9.17, 15) is 15.2 Å². The van der Waals surface area contributed by atoms with E-state index in [1.807, 2.05) is 0 Å². The Labute approximate surface area is 140 Å². The van der Waals surface area contributed by atoms with Gasteiger partial charge in [0, 0.05) is 6.07 Å². The van der Waals surface area contributed by atoms with Crippen molar-refractivity contribution in [3.8, 4) is 11.6 Å². The lowest BCUT2D eigenvalue weighted by molar-refractivity contribution is -0.384. The maximum absolute atomic E-state index is 11.0. The van der Waals surface area contributed by atoms with Crippen molar-refractivity contribution >= 4 is 39.6 Å². The molecular formula is C15H11ClN4O4. The van der Waals surface area contributed by atoms with Gasteiger partial charge < -0.3 is 14.8 Å². The quantitative estimate of drug-likeness (QED) is 0.399. The Morgan fingerprint density at radius 1 is 1.25 bits per heavy atom. The number of ether oxygens (including phenoxy) is 1. The molecule has 1 heterocycles. The summed E-state index contributed by atoms with van der Waals surface area (Å²) in [6, 6.07) is 9.15. The molecule has 0 saturated heterocycles. The van der Waals surface area contributed by atoms with Crippen LogP contribution in [-0.2, 0) is 0 Å². The molecule has 24 heavy (non-hydrogen) atoms. The minimum Gasteiger partial charge on any atom is -0.495 e. The molecule has 3 rings (SSSR count). The molecule has 1 aromatic heterocycles. The van der Waals surface area contributed by atoms with Crippen molar-refractivity contribution in [3.05, 3.63) is 51.5 Å². The highest BCUT2D eigenvalue weighted by molar-refractivity contribution is 6.37. The first kappa shape index (κ1) is 15.8. The number of aromatic nitrogens is 1. The zero-order valence-electron chi connectivity index (χ0n) is 12.4. The second kappa shape index (κ2) is 6.17. The molecule has 0 fully saturated rings. The van der Waals surface area contributed by atoms with Crippen molar-refractivity contribution in [2.24, 2.45) is 10.2 Å². The number of nitro groups is 1. The summed E-state index contributed by atoms with van der Waals surface area (Å²) in [6.45, 7) is 0. The number of rotatable bonds is 4. The molecule has 0 radical (unpaired) electrons. The third-order valence-electron chi connectivity index (χ3n) is 3.38. The van der Waals surface area contributed by atoms with E-state index in [0.717, 1.165) is 0 Å². The van der Waals surface area contributed by atoms with Gasteiger partial charge in [-0.25, -0.2) is 0 Å². The first-order valence-corrected chi connectivity index (χ1v) is 7.13. The topological polar surface area (TPSA) is 113 Å². The van der Waals surface area contributed by atoms with Crippen LogP contribution in [-0.4, -0.2) is 22.1 Å². The summed E-state index contributed by atoms with van der Waals surface area (Å²) >= 11 is 6.17. The molecule has 0 amide bonds. The normalized spacial score (nSPS) is 11.2. The Hall–Kier alpha value is -3.13. The first-order valence-electron chi connectivity index (χ1n) is 6.75. The summed E-state index contributed by atoms with van der Waals surface area (Å²) in [5.41, 5.74) is 0.408. The van der Waals surface area contributed by atoms with Gasteiger partial charge in [0.15, 0.2) is 11.4 Å². The Bertz CT molecular complexity index is 968. The van der Waals surface area contributed by atoms with Crippen molar-refractivity contribution < 1.29 is 14.8 Å². The number of nitrogens with zero attached hydrogens (tertiary/aromatic N) is 3. The van der Waals surface area contributed by atoms with Gasteiger partial charge in [-0.2, -0.15) is 0 Å². The van der Waals surface area contributed by atoms with Crippen LogP contribution < -0.4 is 4.74 Å². The van der Waals surface area contributed by atoms with Crippen LogP contribution in [0.25, 0.3) is 10.9 Å². The monoisotopic (exact) mass is 346 g/mol. The Kier molecular flexibility index (Phi) is 4.05. The molecule has 0 aliphatic heterocycles. The van der Waals surface area contributed by atoms with Crippen LogP contribution in [0.15, 0.2) is 46.6 Å². The van der Waals surface area contributed by atoms with Gasteiger partial charge in [0.1, 0.15) is 5.75 Å². The largest absolute Gasteiger partial charge is 0.495 e. The van der Waals surface area contributed by atoms with Crippen LogP contribution in [0, 0.1) is 10.1 Å². The number of azo groups is 1. The first-order chi connectivity index (χ1) is 11.5. The number of hydrogen-bond acceptors (Lipinski definition) is 6. The highest BCUT2D eigenvalue weighted by atomic mass is 35.5. The van der Waals surface area contributed by atoms with Gasteiger partial charge in [-0.05, 0) is 18.2 Å². The van der Waals surface area contributed by atoms with E-state index in [1.165, 1.54) is 25.3 Å². The molecular weight excluding hydrogens is 336 g/mol.